The minimum Gasteiger partial charge on any atom is -0.480 e. The molecule has 0 aliphatic carbocycles. The van der Waals surface area contributed by atoms with E-state index in [2.05, 4.69) is 27.8 Å². The molecule has 0 saturated carbocycles. The number of hydrogen-bond donors (Lipinski definition) is 2. The van der Waals surface area contributed by atoms with Gasteiger partial charge in [-0.25, -0.2) is 4.79 Å². The topological polar surface area (TPSA) is 49.3 Å². The summed E-state index contributed by atoms with van der Waals surface area (Å²) in [5.74, 6) is -0.875. The molecule has 1 atom stereocenters. The van der Waals surface area contributed by atoms with Gasteiger partial charge in [0.15, 0.2) is 0 Å². The van der Waals surface area contributed by atoms with E-state index in [0.29, 0.717) is 13.0 Å². The van der Waals surface area contributed by atoms with E-state index in [1.165, 1.54) is 0 Å². The van der Waals surface area contributed by atoms with E-state index in [-0.39, 0.29) is 0 Å². The van der Waals surface area contributed by atoms with E-state index in [1.54, 1.807) is 6.08 Å². The Morgan fingerprint density at radius 2 is 2.35 bits per heavy atom. The van der Waals surface area contributed by atoms with Crippen LogP contribution in [0.2, 0.25) is 0 Å². The van der Waals surface area contributed by atoms with Crippen LogP contribution in [-0.4, -0.2) is 17.6 Å². The minimum absolute atomic E-state index is 0.451. The van der Waals surface area contributed by atoms with Crippen LogP contribution in [0, 0.1) is 0 Å². The first-order valence-electron chi connectivity index (χ1n) is 5.42. The fourth-order valence-electron chi connectivity index (χ4n) is 1.78. The van der Waals surface area contributed by atoms with Crippen molar-refractivity contribution in [1.29, 1.82) is 0 Å². The Morgan fingerprint density at radius 1 is 1.65 bits per heavy atom. The standard InChI is InChI=1S/C13H16BrNO2/c1-3-8-15-13(4-2,12(16)17)10-6-5-7-11(14)9-10/h3,5-7,9,15H,1,4,8H2,2H3,(H,16,17). The number of aliphatic carboxylic acids is 1. The third-order valence-corrected chi connectivity index (χ3v) is 3.25. The van der Waals surface area contributed by atoms with Crippen LogP contribution >= 0.6 is 15.9 Å². The summed E-state index contributed by atoms with van der Waals surface area (Å²) in [6.07, 6.45) is 2.12. The highest BCUT2D eigenvalue weighted by Gasteiger charge is 2.37. The Hall–Kier alpha value is -1.13. The molecule has 17 heavy (non-hydrogen) atoms. The van der Waals surface area contributed by atoms with Crippen molar-refractivity contribution in [3.05, 3.63) is 47.0 Å². The fraction of sp³-hybridized carbons (Fsp3) is 0.308. The van der Waals surface area contributed by atoms with Crippen LogP contribution in [0.4, 0.5) is 0 Å². The maximum absolute atomic E-state index is 11.6. The molecular weight excluding hydrogens is 282 g/mol. The smallest absolute Gasteiger partial charge is 0.328 e. The van der Waals surface area contributed by atoms with Gasteiger partial charge in [-0.1, -0.05) is 41.1 Å². The summed E-state index contributed by atoms with van der Waals surface area (Å²) in [4.78, 5) is 11.6. The highest BCUT2D eigenvalue weighted by molar-refractivity contribution is 9.10. The number of hydrogen-bond acceptors (Lipinski definition) is 2. The summed E-state index contributed by atoms with van der Waals surface area (Å²) in [6, 6.07) is 7.35. The Balaban J connectivity index is 3.21. The molecule has 0 aromatic heterocycles. The molecule has 0 aliphatic heterocycles. The van der Waals surface area contributed by atoms with Gasteiger partial charge in [0.25, 0.3) is 0 Å². The van der Waals surface area contributed by atoms with E-state index in [9.17, 15) is 9.90 Å². The number of carboxylic acid groups (broad SMARTS) is 1. The third kappa shape index (κ3) is 2.96. The van der Waals surface area contributed by atoms with Crippen LogP contribution in [-0.2, 0) is 10.3 Å². The normalized spacial score (nSPS) is 14.0. The van der Waals surface area contributed by atoms with E-state index in [0.717, 1.165) is 10.0 Å². The molecular formula is C13H16BrNO2. The molecule has 0 amide bonds. The molecule has 0 heterocycles. The van der Waals surface area contributed by atoms with Gasteiger partial charge in [-0.15, -0.1) is 6.58 Å². The number of halogens is 1. The minimum atomic E-state index is -1.06. The predicted octanol–water partition coefficient (Wildman–Crippen LogP) is 2.91. The lowest BCUT2D eigenvalue weighted by molar-refractivity contribution is -0.145. The lowest BCUT2D eigenvalue weighted by atomic mass is 9.87. The maximum atomic E-state index is 11.6. The SMILES string of the molecule is C=CCNC(CC)(C(=O)O)c1cccc(Br)c1. The molecule has 0 fully saturated rings. The van der Waals surface area contributed by atoms with Gasteiger partial charge in [0.1, 0.15) is 5.54 Å². The van der Waals surface area contributed by atoms with Gasteiger partial charge in [-0.2, -0.15) is 0 Å². The number of rotatable bonds is 6. The second kappa shape index (κ2) is 5.98. The average molecular weight is 298 g/mol. The van der Waals surface area contributed by atoms with Crippen molar-refractivity contribution in [1.82, 2.24) is 5.32 Å². The Bertz CT molecular complexity index is 420. The Kier molecular flexibility index (Phi) is 4.90. The largest absolute Gasteiger partial charge is 0.480 e. The van der Waals surface area contributed by atoms with Crippen molar-refractivity contribution in [3.63, 3.8) is 0 Å². The highest BCUT2D eigenvalue weighted by atomic mass is 79.9. The van der Waals surface area contributed by atoms with Gasteiger partial charge >= 0.3 is 5.97 Å². The Labute approximate surface area is 110 Å². The predicted molar refractivity (Wildman–Crippen MR) is 71.9 cm³/mol. The first kappa shape index (κ1) is 13.9. The maximum Gasteiger partial charge on any atom is 0.328 e. The summed E-state index contributed by atoms with van der Waals surface area (Å²) in [5.41, 5.74) is -0.318. The van der Waals surface area contributed by atoms with Crippen LogP contribution < -0.4 is 5.32 Å². The summed E-state index contributed by atoms with van der Waals surface area (Å²) >= 11 is 3.36. The quantitative estimate of drug-likeness (QED) is 0.794. The second-order valence-corrected chi connectivity index (χ2v) is 4.66. The van der Waals surface area contributed by atoms with E-state index in [4.69, 9.17) is 0 Å². The molecule has 1 aromatic rings. The van der Waals surface area contributed by atoms with Crippen LogP contribution in [0.5, 0.6) is 0 Å². The van der Waals surface area contributed by atoms with Crippen LogP contribution in [0.25, 0.3) is 0 Å². The molecule has 0 bridgehead atoms. The molecule has 0 radical (unpaired) electrons. The zero-order valence-electron chi connectivity index (χ0n) is 9.74. The molecule has 92 valence electrons. The van der Waals surface area contributed by atoms with Crippen LogP contribution in [0.3, 0.4) is 0 Å². The third-order valence-electron chi connectivity index (χ3n) is 2.76. The summed E-state index contributed by atoms with van der Waals surface area (Å²) < 4.78 is 0.870. The van der Waals surface area contributed by atoms with Crippen molar-refractivity contribution >= 4 is 21.9 Å². The Morgan fingerprint density at radius 3 is 2.82 bits per heavy atom. The van der Waals surface area contributed by atoms with Gasteiger partial charge in [-0.05, 0) is 24.1 Å². The van der Waals surface area contributed by atoms with Crippen molar-refractivity contribution in [3.8, 4) is 0 Å². The monoisotopic (exact) mass is 297 g/mol. The lowest BCUT2D eigenvalue weighted by Crippen LogP contribution is -2.48. The number of carboxylic acids is 1. The van der Waals surface area contributed by atoms with Crippen LogP contribution in [0.1, 0.15) is 18.9 Å². The first-order chi connectivity index (χ1) is 8.06. The molecule has 4 heteroatoms. The molecule has 1 rings (SSSR count). The van der Waals surface area contributed by atoms with Gasteiger partial charge in [0.2, 0.25) is 0 Å². The van der Waals surface area contributed by atoms with Crippen LogP contribution in [0.15, 0.2) is 41.4 Å². The molecule has 1 aromatic carbocycles. The second-order valence-electron chi connectivity index (χ2n) is 3.74. The zero-order chi connectivity index (χ0) is 12.9. The van der Waals surface area contributed by atoms with Gasteiger partial charge < -0.3 is 5.11 Å². The van der Waals surface area contributed by atoms with Gasteiger partial charge in [0.05, 0.1) is 0 Å². The van der Waals surface area contributed by atoms with Gasteiger partial charge in [0, 0.05) is 11.0 Å². The molecule has 0 saturated heterocycles. The summed E-state index contributed by atoms with van der Waals surface area (Å²) in [5, 5.41) is 12.5. The van der Waals surface area contributed by atoms with E-state index < -0.39 is 11.5 Å². The van der Waals surface area contributed by atoms with E-state index in [1.807, 2.05) is 31.2 Å². The number of carbonyl (C=O) groups is 1. The summed E-state index contributed by atoms with van der Waals surface area (Å²) in [7, 11) is 0. The van der Waals surface area contributed by atoms with E-state index >= 15 is 0 Å². The zero-order valence-corrected chi connectivity index (χ0v) is 11.3. The molecule has 1 unspecified atom stereocenters. The summed E-state index contributed by atoms with van der Waals surface area (Å²) in [6.45, 7) is 5.91. The van der Waals surface area contributed by atoms with Crippen molar-refractivity contribution in [2.45, 2.75) is 18.9 Å². The first-order valence-corrected chi connectivity index (χ1v) is 6.21. The fourth-order valence-corrected chi connectivity index (χ4v) is 2.18. The van der Waals surface area contributed by atoms with Crippen molar-refractivity contribution in [2.75, 3.05) is 6.54 Å². The lowest BCUT2D eigenvalue weighted by Gasteiger charge is -2.29. The highest BCUT2D eigenvalue weighted by Crippen LogP contribution is 2.27. The molecule has 0 spiro atoms. The molecule has 2 N–H and O–H groups in total. The van der Waals surface area contributed by atoms with Crippen molar-refractivity contribution in [2.24, 2.45) is 0 Å². The number of nitrogens with one attached hydrogen (secondary N) is 1. The van der Waals surface area contributed by atoms with Gasteiger partial charge in [-0.3, -0.25) is 5.32 Å². The molecule has 3 nitrogen and oxygen atoms in total. The number of benzene rings is 1. The average Bonchev–Trinajstić information content (AvgIpc) is 2.30. The molecule has 0 aliphatic rings. The van der Waals surface area contributed by atoms with Crippen molar-refractivity contribution < 1.29 is 9.90 Å².